The molecular formula is C15H22N2O3S. The zero-order chi connectivity index (χ0) is 16.0. The summed E-state index contributed by atoms with van der Waals surface area (Å²) in [5.41, 5.74) is 0.323. The van der Waals surface area contributed by atoms with Crippen LogP contribution in [0.4, 0.5) is 0 Å². The number of sulfonamides is 1. The average Bonchev–Trinajstić information content (AvgIpc) is 2.45. The van der Waals surface area contributed by atoms with Crippen molar-refractivity contribution in [3.8, 4) is 0 Å². The zero-order valence-electron chi connectivity index (χ0n) is 12.6. The van der Waals surface area contributed by atoms with Crippen LogP contribution in [0.2, 0.25) is 0 Å². The number of hydrogen-bond donors (Lipinski definition) is 2. The van der Waals surface area contributed by atoms with Gasteiger partial charge in [-0.1, -0.05) is 26.0 Å². The van der Waals surface area contributed by atoms with Gasteiger partial charge in [-0.2, -0.15) is 0 Å². The van der Waals surface area contributed by atoms with Crippen LogP contribution in [-0.2, 0) is 10.0 Å². The van der Waals surface area contributed by atoms with Crippen molar-refractivity contribution >= 4 is 15.9 Å². The van der Waals surface area contributed by atoms with E-state index < -0.39 is 10.0 Å². The summed E-state index contributed by atoms with van der Waals surface area (Å²) < 4.78 is 26.4. The number of hydrogen-bond acceptors (Lipinski definition) is 3. The SMILES string of the molecule is C=CCNS(=O)(=O)c1cccc(C(=O)NC(C)C(C)C)c1. The Morgan fingerprint density at radius 2 is 2.00 bits per heavy atom. The molecule has 1 rings (SSSR count). The second-order valence-electron chi connectivity index (χ2n) is 5.17. The minimum Gasteiger partial charge on any atom is -0.349 e. The third-order valence-electron chi connectivity index (χ3n) is 3.18. The molecule has 0 aliphatic rings. The number of rotatable bonds is 7. The molecule has 1 amide bonds. The highest BCUT2D eigenvalue weighted by Gasteiger charge is 2.17. The molecule has 0 aliphatic carbocycles. The van der Waals surface area contributed by atoms with Crippen LogP contribution in [0.1, 0.15) is 31.1 Å². The molecule has 2 N–H and O–H groups in total. The number of benzene rings is 1. The van der Waals surface area contributed by atoms with Crippen molar-refractivity contribution in [1.29, 1.82) is 0 Å². The zero-order valence-corrected chi connectivity index (χ0v) is 13.4. The molecule has 0 fully saturated rings. The predicted octanol–water partition coefficient (Wildman–Crippen LogP) is 1.93. The number of carbonyl (C=O) groups excluding carboxylic acids is 1. The fraction of sp³-hybridized carbons (Fsp3) is 0.400. The largest absolute Gasteiger partial charge is 0.349 e. The van der Waals surface area contributed by atoms with Gasteiger partial charge in [0.05, 0.1) is 4.90 Å². The van der Waals surface area contributed by atoms with Gasteiger partial charge in [0.1, 0.15) is 0 Å². The van der Waals surface area contributed by atoms with Crippen LogP contribution in [0.15, 0.2) is 41.8 Å². The van der Waals surface area contributed by atoms with E-state index in [0.29, 0.717) is 11.5 Å². The van der Waals surface area contributed by atoms with E-state index in [1.54, 1.807) is 12.1 Å². The summed E-state index contributed by atoms with van der Waals surface area (Å²) in [5.74, 6) is 0.0205. The van der Waals surface area contributed by atoms with Crippen molar-refractivity contribution in [3.05, 3.63) is 42.5 Å². The molecule has 0 spiro atoms. The van der Waals surface area contributed by atoms with Crippen LogP contribution < -0.4 is 10.0 Å². The Kier molecular flexibility index (Phi) is 6.11. The third kappa shape index (κ3) is 4.99. The fourth-order valence-corrected chi connectivity index (χ4v) is 2.56. The van der Waals surface area contributed by atoms with E-state index in [4.69, 9.17) is 0 Å². The average molecular weight is 310 g/mol. The molecule has 0 saturated carbocycles. The molecule has 5 nitrogen and oxygen atoms in total. The molecule has 0 heterocycles. The monoisotopic (exact) mass is 310 g/mol. The van der Waals surface area contributed by atoms with E-state index in [1.807, 2.05) is 20.8 Å². The molecule has 0 saturated heterocycles. The van der Waals surface area contributed by atoms with Crippen LogP contribution in [0.3, 0.4) is 0 Å². The molecular weight excluding hydrogens is 288 g/mol. The van der Waals surface area contributed by atoms with Gasteiger partial charge in [0.15, 0.2) is 0 Å². The van der Waals surface area contributed by atoms with E-state index in [1.165, 1.54) is 18.2 Å². The van der Waals surface area contributed by atoms with Gasteiger partial charge in [-0.05, 0) is 31.0 Å². The lowest BCUT2D eigenvalue weighted by Crippen LogP contribution is -2.36. The standard InChI is InChI=1S/C15H22N2O3S/c1-5-9-16-21(19,20)14-8-6-7-13(10-14)15(18)17-12(4)11(2)3/h5-8,10-12,16H,1,9H2,2-4H3,(H,17,18). The Hall–Kier alpha value is -1.66. The van der Waals surface area contributed by atoms with Gasteiger partial charge < -0.3 is 5.32 Å². The maximum absolute atomic E-state index is 12.1. The molecule has 0 aliphatic heterocycles. The smallest absolute Gasteiger partial charge is 0.251 e. The number of carbonyl (C=O) groups is 1. The molecule has 116 valence electrons. The van der Waals surface area contributed by atoms with E-state index in [9.17, 15) is 13.2 Å². The quantitative estimate of drug-likeness (QED) is 0.756. The summed E-state index contributed by atoms with van der Waals surface area (Å²) >= 11 is 0. The second kappa shape index (κ2) is 7.38. The highest BCUT2D eigenvalue weighted by molar-refractivity contribution is 7.89. The first-order valence-corrected chi connectivity index (χ1v) is 8.27. The maximum atomic E-state index is 12.1. The first kappa shape index (κ1) is 17.4. The Morgan fingerprint density at radius 1 is 1.33 bits per heavy atom. The Balaban J connectivity index is 2.95. The molecule has 0 radical (unpaired) electrons. The van der Waals surface area contributed by atoms with Crippen LogP contribution >= 0.6 is 0 Å². The molecule has 1 aromatic rings. The Morgan fingerprint density at radius 3 is 2.57 bits per heavy atom. The topological polar surface area (TPSA) is 75.3 Å². The number of nitrogens with one attached hydrogen (secondary N) is 2. The van der Waals surface area contributed by atoms with Crippen molar-refractivity contribution < 1.29 is 13.2 Å². The summed E-state index contributed by atoms with van der Waals surface area (Å²) in [6, 6.07) is 5.98. The van der Waals surface area contributed by atoms with Crippen molar-refractivity contribution in [2.45, 2.75) is 31.7 Å². The molecule has 1 atom stereocenters. The van der Waals surface area contributed by atoms with E-state index in [2.05, 4.69) is 16.6 Å². The van der Waals surface area contributed by atoms with Gasteiger partial charge >= 0.3 is 0 Å². The molecule has 6 heteroatoms. The molecule has 0 aromatic heterocycles. The molecule has 0 bridgehead atoms. The first-order valence-electron chi connectivity index (χ1n) is 6.79. The van der Waals surface area contributed by atoms with Crippen molar-refractivity contribution in [3.63, 3.8) is 0 Å². The van der Waals surface area contributed by atoms with E-state index in [-0.39, 0.29) is 23.4 Å². The third-order valence-corrected chi connectivity index (χ3v) is 4.60. The summed E-state index contributed by atoms with van der Waals surface area (Å²) in [6.45, 7) is 9.52. The lowest BCUT2D eigenvalue weighted by molar-refractivity contribution is 0.0930. The fourth-order valence-electron chi connectivity index (χ4n) is 1.51. The highest BCUT2D eigenvalue weighted by Crippen LogP contribution is 2.12. The van der Waals surface area contributed by atoms with Crippen LogP contribution in [-0.4, -0.2) is 26.9 Å². The van der Waals surface area contributed by atoms with Crippen molar-refractivity contribution in [2.75, 3.05) is 6.54 Å². The van der Waals surface area contributed by atoms with Gasteiger partial charge in [0, 0.05) is 18.2 Å². The van der Waals surface area contributed by atoms with Gasteiger partial charge in [0.2, 0.25) is 10.0 Å². The Labute approximate surface area is 126 Å². The lowest BCUT2D eigenvalue weighted by Gasteiger charge is -2.17. The summed E-state index contributed by atoms with van der Waals surface area (Å²) in [4.78, 5) is 12.2. The van der Waals surface area contributed by atoms with Crippen molar-refractivity contribution in [2.24, 2.45) is 5.92 Å². The second-order valence-corrected chi connectivity index (χ2v) is 6.94. The Bertz CT molecular complexity index is 609. The first-order chi connectivity index (χ1) is 9.77. The van der Waals surface area contributed by atoms with Gasteiger partial charge in [-0.15, -0.1) is 6.58 Å². The van der Waals surface area contributed by atoms with Crippen LogP contribution in [0, 0.1) is 5.92 Å². The van der Waals surface area contributed by atoms with Crippen LogP contribution in [0.5, 0.6) is 0 Å². The summed E-state index contributed by atoms with van der Waals surface area (Å²) in [6.07, 6.45) is 1.46. The van der Waals surface area contributed by atoms with Gasteiger partial charge in [-0.3, -0.25) is 4.79 Å². The predicted molar refractivity (Wildman–Crippen MR) is 83.6 cm³/mol. The van der Waals surface area contributed by atoms with Gasteiger partial charge in [-0.25, -0.2) is 13.1 Å². The molecule has 1 unspecified atom stereocenters. The molecule has 21 heavy (non-hydrogen) atoms. The minimum absolute atomic E-state index is 0.0108. The minimum atomic E-state index is -3.62. The number of amides is 1. The summed E-state index contributed by atoms with van der Waals surface area (Å²) in [5, 5.41) is 2.85. The molecule has 1 aromatic carbocycles. The highest BCUT2D eigenvalue weighted by atomic mass is 32.2. The maximum Gasteiger partial charge on any atom is 0.251 e. The van der Waals surface area contributed by atoms with Gasteiger partial charge in [0.25, 0.3) is 5.91 Å². The van der Waals surface area contributed by atoms with Crippen LogP contribution in [0.25, 0.3) is 0 Å². The van der Waals surface area contributed by atoms with E-state index in [0.717, 1.165) is 0 Å². The lowest BCUT2D eigenvalue weighted by atomic mass is 10.1. The van der Waals surface area contributed by atoms with Crippen molar-refractivity contribution in [1.82, 2.24) is 10.0 Å². The summed E-state index contributed by atoms with van der Waals surface area (Å²) in [7, 11) is -3.62. The van der Waals surface area contributed by atoms with E-state index >= 15 is 0 Å². The normalized spacial score (nSPS) is 13.0.